The minimum absolute atomic E-state index is 0.222. The molecular formula is C14H18N4O2S. The van der Waals surface area contributed by atoms with Crippen molar-refractivity contribution < 1.29 is 9.53 Å². The SMILES string of the molecule is O=C(NCc1cccs1)Nc1cnn(CC2CCCO2)c1. The lowest BCUT2D eigenvalue weighted by molar-refractivity contribution is 0.0940. The first-order chi connectivity index (χ1) is 10.3. The average Bonchev–Trinajstić information content (AvgIpc) is 3.19. The van der Waals surface area contributed by atoms with E-state index in [4.69, 9.17) is 4.74 Å². The molecule has 1 saturated heterocycles. The topological polar surface area (TPSA) is 68.2 Å². The van der Waals surface area contributed by atoms with Gasteiger partial charge in [-0.05, 0) is 24.3 Å². The Hall–Kier alpha value is -1.86. The second kappa shape index (κ2) is 6.73. The van der Waals surface area contributed by atoms with Gasteiger partial charge in [0, 0.05) is 17.7 Å². The Balaban J connectivity index is 1.46. The van der Waals surface area contributed by atoms with Gasteiger partial charge >= 0.3 is 6.03 Å². The van der Waals surface area contributed by atoms with Crippen molar-refractivity contribution in [3.05, 3.63) is 34.8 Å². The minimum Gasteiger partial charge on any atom is -0.376 e. The number of rotatable bonds is 5. The zero-order valence-electron chi connectivity index (χ0n) is 11.6. The van der Waals surface area contributed by atoms with Crippen LogP contribution in [0.4, 0.5) is 10.5 Å². The summed E-state index contributed by atoms with van der Waals surface area (Å²) in [5, 5.41) is 11.8. The normalized spacial score (nSPS) is 17.8. The Kier molecular flexibility index (Phi) is 4.52. The zero-order valence-corrected chi connectivity index (χ0v) is 12.4. The Morgan fingerprint density at radius 1 is 1.57 bits per heavy atom. The van der Waals surface area contributed by atoms with E-state index in [-0.39, 0.29) is 12.1 Å². The maximum Gasteiger partial charge on any atom is 0.319 e. The van der Waals surface area contributed by atoms with Gasteiger partial charge < -0.3 is 15.4 Å². The molecule has 3 heterocycles. The van der Waals surface area contributed by atoms with Crippen LogP contribution in [0.2, 0.25) is 0 Å². The molecule has 1 aliphatic heterocycles. The van der Waals surface area contributed by atoms with Crippen molar-refractivity contribution in [3.8, 4) is 0 Å². The molecule has 6 nitrogen and oxygen atoms in total. The van der Waals surface area contributed by atoms with Crippen molar-refractivity contribution in [1.29, 1.82) is 0 Å². The lowest BCUT2D eigenvalue weighted by Crippen LogP contribution is -2.27. The number of thiophene rings is 1. The van der Waals surface area contributed by atoms with E-state index in [9.17, 15) is 4.79 Å². The lowest BCUT2D eigenvalue weighted by Gasteiger charge is -2.08. The molecule has 2 amide bonds. The molecule has 7 heteroatoms. The van der Waals surface area contributed by atoms with Crippen molar-refractivity contribution in [1.82, 2.24) is 15.1 Å². The minimum atomic E-state index is -0.222. The predicted octanol–water partition coefficient (Wildman–Crippen LogP) is 2.45. The first-order valence-corrected chi connectivity index (χ1v) is 7.89. The van der Waals surface area contributed by atoms with E-state index in [2.05, 4.69) is 15.7 Å². The summed E-state index contributed by atoms with van der Waals surface area (Å²) in [4.78, 5) is 12.9. The third-order valence-corrected chi connectivity index (χ3v) is 4.19. The molecule has 2 N–H and O–H groups in total. The fourth-order valence-electron chi connectivity index (χ4n) is 2.28. The maximum atomic E-state index is 11.8. The van der Waals surface area contributed by atoms with Crippen LogP contribution in [0.5, 0.6) is 0 Å². The third kappa shape index (κ3) is 4.05. The van der Waals surface area contributed by atoms with E-state index in [1.165, 1.54) is 0 Å². The summed E-state index contributed by atoms with van der Waals surface area (Å²) in [6.45, 7) is 2.11. The molecule has 0 saturated carbocycles. The molecule has 1 atom stereocenters. The van der Waals surface area contributed by atoms with Crippen molar-refractivity contribution in [2.75, 3.05) is 11.9 Å². The van der Waals surface area contributed by atoms with Crippen LogP contribution in [0.3, 0.4) is 0 Å². The van der Waals surface area contributed by atoms with Gasteiger partial charge in [0.15, 0.2) is 0 Å². The Morgan fingerprint density at radius 3 is 3.29 bits per heavy atom. The van der Waals surface area contributed by atoms with E-state index >= 15 is 0 Å². The van der Waals surface area contributed by atoms with Crippen molar-refractivity contribution in [3.63, 3.8) is 0 Å². The zero-order chi connectivity index (χ0) is 14.5. The lowest BCUT2D eigenvalue weighted by atomic mass is 10.2. The first kappa shape index (κ1) is 14.1. The van der Waals surface area contributed by atoms with E-state index in [0.717, 1.165) is 30.9 Å². The fourth-order valence-corrected chi connectivity index (χ4v) is 2.93. The number of anilines is 1. The van der Waals surface area contributed by atoms with Gasteiger partial charge in [0.1, 0.15) is 0 Å². The summed E-state index contributed by atoms with van der Waals surface area (Å²) in [6, 6.07) is 3.74. The van der Waals surface area contributed by atoms with Crippen LogP contribution in [0.1, 0.15) is 17.7 Å². The number of ether oxygens (including phenoxy) is 1. The molecule has 3 rings (SSSR count). The second-order valence-corrected chi connectivity index (χ2v) is 6.01. The highest BCUT2D eigenvalue weighted by Crippen LogP contribution is 2.15. The highest BCUT2D eigenvalue weighted by atomic mass is 32.1. The van der Waals surface area contributed by atoms with Crippen molar-refractivity contribution in [2.45, 2.75) is 32.0 Å². The van der Waals surface area contributed by atoms with Crippen LogP contribution in [0, 0.1) is 0 Å². The number of nitrogens with zero attached hydrogens (tertiary/aromatic N) is 2. The van der Waals surface area contributed by atoms with Gasteiger partial charge in [0.2, 0.25) is 0 Å². The van der Waals surface area contributed by atoms with Gasteiger partial charge in [-0.3, -0.25) is 4.68 Å². The standard InChI is InChI=1S/C14H18N4O2S/c19-14(15-8-13-4-2-6-21-13)17-11-7-16-18(9-11)10-12-3-1-5-20-12/h2,4,6-7,9,12H,1,3,5,8,10H2,(H2,15,17,19). The highest BCUT2D eigenvalue weighted by molar-refractivity contribution is 7.09. The quantitative estimate of drug-likeness (QED) is 0.891. The number of amides is 2. The van der Waals surface area contributed by atoms with Crippen molar-refractivity contribution >= 4 is 23.1 Å². The molecule has 1 aliphatic rings. The molecule has 1 unspecified atom stereocenters. The summed E-state index contributed by atoms with van der Waals surface area (Å²) in [5.41, 5.74) is 0.691. The Morgan fingerprint density at radius 2 is 2.52 bits per heavy atom. The molecule has 0 spiro atoms. The summed E-state index contributed by atoms with van der Waals surface area (Å²) < 4.78 is 7.38. The Bertz CT molecular complexity index is 576. The summed E-state index contributed by atoms with van der Waals surface area (Å²) in [7, 11) is 0. The van der Waals surface area contributed by atoms with Gasteiger partial charge in [-0.1, -0.05) is 6.07 Å². The van der Waals surface area contributed by atoms with Crippen LogP contribution in [-0.4, -0.2) is 28.5 Å². The summed E-state index contributed by atoms with van der Waals surface area (Å²) in [6.07, 6.45) is 5.91. The molecule has 0 aromatic carbocycles. The van der Waals surface area contributed by atoms with E-state index in [0.29, 0.717) is 12.2 Å². The van der Waals surface area contributed by atoms with E-state index in [1.807, 2.05) is 28.4 Å². The van der Waals surface area contributed by atoms with Crippen molar-refractivity contribution in [2.24, 2.45) is 0 Å². The molecule has 21 heavy (non-hydrogen) atoms. The fraction of sp³-hybridized carbons (Fsp3) is 0.429. The van der Waals surface area contributed by atoms with Gasteiger partial charge in [-0.15, -0.1) is 11.3 Å². The molecule has 2 aromatic rings. The highest BCUT2D eigenvalue weighted by Gasteiger charge is 2.16. The maximum absolute atomic E-state index is 11.8. The molecular weight excluding hydrogens is 288 g/mol. The number of hydrogen-bond donors (Lipinski definition) is 2. The van der Waals surface area contributed by atoms with E-state index < -0.39 is 0 Å². The van der Waals surface area contributed by atoms with Gasteiger partial charge in [-0.2, -0.15) is 5.10 Å². The summed E-state index contributed by atoms with van der Waals surface area (Å²) >= 11 is 1.62. The van der Waals surface area contributed by atoms with Gasteiger partial charge in [0.25, 0.3) is 0 Å². The smallest absolute Gasteiger partial charge is 0.319 e. The third-order valence-electron chi connectivity index (χ3n) is 3.31. The number of aromatic nitrogens is 2. The van der Waals surface area contributed by atoms with Gasteiger partial charge in [-0.25, -0.2) is 4.79 Å². The van der Waals surface area contributed by atoms with Crippen LogP contribution in [0.25, 0.3) is 0 Å². The number of hydrogen-bond acceptors (Lipinski definition) is 4. The monoisotopic (exact) mass is 306 g/mol. The second-order valence-electron chi connectivity index (χ2n) is 4.97. The number of carbonyl (C=O) groups excluding carboxylic acids is 1. The number of carbonyl (C=O) groups is 1. The van der Waals surface area contributed by atoms with Crippen LogP contribution in [-0.2, 0) is 17.8 Å². The number of nitrogens with one attached hydrogen (secondary N) is 2. The van der Waals surface area contributed by atoms with Gasteiger partial charge in [0.05, 0.1) is 31.1 Å². The molecule has 0 aliphatic carbocycles. The van der Waals surface area contributed by atoms with Crippen LogP contribution >= 0.6 is 11.3 Å². The molecule has 112 valence electrons. The molecule has 0 bridgehead atoms. The number of urea groups is 1. The Labute approximate surface area is 127 Å². The summed E-state index contributed by atoms with van der Waals surface area (Å²) in [5.74, 6) is 0. The molecule has 2 aromatic heterocycles. The van der Waals surface area contributed by atoms with E-state index in [1.54, 1.807) is 17.5 Å². The predicted molar refractivity (Wildman–Crippen MR) is 81.4 cm³/mol. The largest absolute Gasteiger partial charge is 0.376 e. The molecule has 0 radical (unpaired) electrons. The first-order valence-electron chi connectivity index (χ1n) is 7.01. The molecule has 1 fully saturated rings. The average molecular weight is 306 g/mol. The van der Waals surface area contributed by atoms with Crippen LogP contribution in [0.15, 0.2) is 29.9 Å². The van der Waals surface area contributed by atoms with Crippen LogP contribution < -0.4 is 10.6 Å².